The molecule has 0 spiro atoms. The van der Waals surface area contributed by atoms with Gasteiger partial charge in [0.05, 0.1) is 46.1 Å². The first-order valence-electron chi connectivity index (χ1n) is 14.1. The second-order valence-corrected chi connectivity index (χ2v) is 12.4. The highest BCUT2D eigenvalue weighted by Gasteiger charge is 2.42. The first-order chi connectivity index (χ1) is 20.8. The number of carbonyl (C=O) groups is 3. The van der Waals surface area contributed by atoms with Crippen molar-refractivity contribution in [1.82, 2.24) is 25.9 Å². The second kappa shape index (κ2) is 13.6. The molecule has 236 valence electrons. The van der Waals surface area contributed by atoms with Crippen molar-refractivity contribution in [1.29, 1.82) is 0 Å². The lowest BCUT2D eigenvalue weighted by molar-refractivity contribution is -0.134. The molecule has 0 radical (unpaired) electrons. The van der Waals surface area contributed by atoms with Crippen molar-refractivity contribution in [2.75, 3.05) is 30.9 Å². The van der Waals surface area contributed by atoms with E-state index < -0.39 is 47.1 Å². The van der Waals surface area contributed by atoms with Crippen LogP contribution in [0, 0.1) is 11.2 Å². The molecule has 11 nitrogen and oxygen atoms in total. The number of amides is 3. The lowest BCUT2D eigenvalue weighted by atomic mass is 9.85. The molecular formula is C30H36Cl2FN7O4. The highest BCUT2D eigenvalue weighted by atomic mass is 35.5. The van der Waals surface area contributed by atoms with E-state index in [1.165, 1.54) is 31.6 Å². The van der Waals surface area contributed by atoms with Crippen LogP contribution in [-0.4, -0.2) is 66.5 Å². The van der Waals surface area contributed by atoms with E-state index in [1.54, 1.807) is 40.8 Å². The molecule has 0 aliphatic carbocycles. The largest absolute Gasteiger partial charge is 0.494 e. The number of imide groups is 1. The van der Waals surface area contributed by atoms with E-state index in [9.17, 15) is 18.8 Å². The Balaban J connectivity index is 1.89. The van der Waals surface area contributed by atoms with E-state index in [0.29, 0.717) is 23.9 Å². The van der Waals surface area contributed by atoms with Gasteiger partial charge in [0, 0.05) is 11.5 Å². The molecule has 3 aromatic rings. The third-order valence-corrected chi connectivity index (χ3v) is 8.27. The van der Waals surface area contributed by atoms with Crippen LogP contribution >= 0.6 is 23.2 Å². The number of hydrogen-bond acceptors (Lipinski definition) is 9. The topological polar surface area (TPSA) is 138 Å². The quantitative estimate of drug-likeness (QED) is 0.246. The van der Waals surface area contributed by atoms with E-state index >= 15 is 0 Å². The first-order valence-corrected chi connectivity index (χ1v) is 14.9. The van der Waals surface area contributed by atoms with Crippen molar-refractivity contribution < 1.29 is 23.5 Å². The van der Waals surface area contributed by atoms with Crippen molar-refractivity contribution >= 4 is 69.0 Å². The predicted molar refractivity (Wildman–Crippen MR) is 169 cm³/mol. The monoisotopic (exact) mass is 647 g/mol. The number of ether oxygens (including phenoxy) is 1. The minimum absolute atomic E-state index is 0.00472. The van der Waals surface area contributed by atoms with Gasteiger partial charge in [-0.25, -0.2) is 19.3 Å². The van der Waals surface area contributed by atoms with Gasteiger partial charge in [-0.05, 0) is 57.0 Å². The van der Waals surface area contributed by atoms with Gasteiger partial charge < -0.3 is 26.0 Å². The highest BCUT2D eigenvalue weighted by molar-refractivity contribution is 6.42. The maximum absolute atomic E-state index is 15.0. The number of fused-ring (bicyclic) bond motifs is 1. The Hall–Kier alpha value is -3.58. The smallest absolute Gasteiger partial charge is 0.257 e. The van der Waals surface area contributed by atoms with Crippen LogP contribution in [-0.2, 0) is 14.4 Å². The lowest BCUT2D eigenvalue weighted by Crippen LogP contribution is -2.60. The normalized spacial score (nSPS) is 16.3. The molecule has 1 aromatic heterocycles. The third kappa shape index (κ3) is 6.88. The third-order valence-electron chi connectivity index (χ3n) is 7.49. The SMILES string of the molecule is CN[C@@H](C)C(=O)N[C@H](C(=O)N(C(=O)[C@@H]1CCCN1)c1cc2c(Nc3ccc(Cl)c(Cl)c3F)ncnc2cc1OC)C(C)(C)C. The van der Waals surface area contributed by atoms with Crippen LogP contribution in [0.3, 0.4) is 0 Å². The standard InChI is InChI=1S/C30H36Cl2FN7O4/c1-15(34-5)27(41)39-25(30(2,3)4)29(43)40(28(42)19-8-7-11-35-19)21-12-16-20(13-22(21)44-6)36-14-37-26(16)38-18-10-9-17(31)23(32)24(18)33/h9-10,12-15,19,25,34-35H,7-8,11H2,1-6H3,(H,39,41)(H,36,37,38)/t15-,19-,25+/m0/s1. The van der Waals surface area contributed by atoms with E-state index in [-0.39, 0.29) is 33.0 Å². The molecule has 1 aliphatic heterocycles. The van der Waals surface area contributed by atoms with Crippen LogP contribution in [0.1, 0.15) is 40.5 Å². The summed E-state index contributed by atoms with van der Waals surface area (Å²) >= 11 is 12.0. The summed E-state index contributed by atoms with van der Waals surface area (Å²) in [7, 11) is 3.05. The Morgan fingerprint density at radius 2 is 1.91 bits per heavy atom. The summed E-state index contributed by atoms with van der Waals surface area (Å²) in [4.78, 5) is 51.3. The van der Waals surface area contributed by atoms with Crippen molar-refractivity contribution in [3.8, 4) is 5.75 Å². The highest BCUT2D eigenvalue weighted by Crippen LogP contribution is 2.38. The lowest BCUT2D eigenvalue weighted by Gasteiger charge is -2.36. The molecule has 2 aromatic carbocycles. The Morgan fingerprint density at radius 1 is 1.18 bits per heavy atom. The number of likely N-dealkylation sites (N-methyl/N-ethyl adjacent to an activating group) is 1. The summed E-state index contributed by atoms with van der Waals surface area (Å²) in [5, 5.41) is 11.9. The van der Waals surface area contributed by atoms with Crippen LogP contribution in [0.2, 0.25) is 10.0 Å². The molecule has 0 bridgehead atoms. The Labute approximate surface area is 265 Å². The maximum Gasteiger partial charge on any atom is 0.257 e. The van der Waals surface area contributed by atoms with Crippen molar-refractivity contribution in [2.45, 2.75) is 58.7 Å². The molecule has 0 unspecified atom stereocenters. The first kappa shape index (κ1) is 33.3. The maximum atomic E-state index is 15.0. The molecule has 2 heterocycles. The number of aromatic nitrogens is 2. The van der Waals surface area contributed by atoms with Crippen molar-refractivity contribution in [2.24, 2.45) is 5.41 Å². The molecule has 3 atom stereocenters. The number of methoxy groups -OCH3 is 1. The molecule has 14 heteroatoms. The van der Waals surface area contributed by atoms with Gasteiger partial charge in [-0.1, -0.05) is 44.0 Å². The predicted octanol–water partition coefficient (Wildman–Crippen LogP) is 4.58. The number of halogens is 3. The van der Waals surface area contributed by atoms with Crippen molar-refractivity contribution in [3.05, 3.63) is 46.5 Å². The number of nitrogens with zero attached hydrogens (tertiary/aromatic N) is 3. The van der Waals surface area contributed by atoms with Crippen LogP contribution < -0.4 is 30.9 Å². The molecule has 1 aliphatic rings. The summed E-state index contributed by atoms with van der Waals surface area (Å²) in [6.45, 7) is 7.69. The zero-order valence-electron chi connectivity index (χ0n) is 25.3. The minimum Gasteiger partial charge on any atom is -0.494 e. The van der Waals surface area contributed by atoms with Gasteiger partial charge in [-0.3, -0.25) is 14.4 Å². The van der Waals surface area contributed by atoms with Gasteiger partial charge in [-0.15, -0.1) is 0 Å². The van der Waals surface area contributed by atoms with Crippen LogP contribution in [0.15, 0.2) is 30.6 Å². The van der Waals surface area contributed by atoms with Gasteiger partial charge >= 0.3 is 0 Å². The van der Waals surface area contributed by atoms with Crippen molar-refractivity contribution in [3.63, 3.8) is 0 Å². The average Bonchev–Trinajstić information content (AvgIpc) is 3.54. The number of carbonyl (C=O) groups excluding carboxylic acids is 3. The molecule has 4 rings (SSSR count). The molecule has 4 N–H and O–H groups in total. The van der Waals surface area contributed by atoms with Gasteiger partial charge in [0.1, 0.15) is 23.9 Å². The number of anilines is 3. The van der Waals surface area contributed by atoms with Crippen LogP contribution in [0.25, 0.3) is 10.9 Å². The van der Waals surface area contributed by atoms with Gasteiger partial charge in [-0.2, -0.15) is 0 Å². The van der Waals surface area contributed by atoms with Gasteiger partial charge in [0.25, 0.3) is 11.8 Å². The molecule has 0 saturated carbocycles. The zero-order valence-corrected chi connectivity index (χ0v) is 26.9. The summed E-state index contributed by atoms with van der Waals surface area (Å²) in [6.07, 6.45) is 2.56. The molecule has 1 saturated heterocycles. The molecular weight excluding hydrogens is 612 g/mol. The Morgan fingerprint density at radius 3 is 2.52 bits per heavy atom. The number of nitrogens with one attached hydrogen (secondary N) is 4. The zero-order chi connectivity index (χ0) is 32.3. The van der Waals surface area contributed by atoms with Crippen LogP contribution in [0.4, 0.5) is 21.6 Å². The summed E-state index contributed by atoms with van der Waals surface area (Å²) < 4.78 is 20.6. The summed E-state index contributed by atoms with van der Waals surface area (Å²) in [5.41, 5.74) is -0.273. The fraction of sp³-hybridized carbons (Fsp3) is 0.433. The van der Waals surface area contributed by atoms with Gasteiger partial charge in [0.15, 0.2) is 5.82 Å². The van der Waals surface area contributed by atoms with E-state index in [2.05, 4.69) is 31.2 Å². The Kier molecular flexibility index (Phi) is 10.3. The second-order valence-electron chi connectivity index (χ2n) is 11.6. The van der Waals surface area contributed by atoms with Crippen LogP contribution in [0.5, 0.6) is 5.75 Å². The minimum atomic E-state index is -1.09. The van der Waals surface area contributed by atoms with E-state index in [1.807, 2.05) is 0 Å². The molecule has 44 heavy (non-hydrogen) atoms. The number of rotatable bonds is 9. The fourth-order valence-electron chi connectivity index (χ4n) is 4.83. The van der Waals surface area contributed by atoms with Gasteiger partial charge in [0.2, 0.25) is 5.91 Å². The Bertz CT molecular complexity index is 1580. The number of benzene rings is 2. The average molecular weight is 649 g/mol. The number of hydrogen-bond donors (Lipinski definition) is 4. The fourth-order valence-corrected chi connectivity index (χ4v) is 5.14. The van der Waals surface area contributed by atoms with E-state index in [4.69, 9.17) is 27.9 Å². The molecule has 3 amide bonds. The molecule has 1 fully saturated rings. The summed E-state index contributed by atoms with van der Waals surface area (Å²) in [5.74, 6) is -1.96. The summed E-state index contributed by atoms with van der Waals surface area (Å²) in [6, 6.07) is 3.64. The van der Waals surface area contributed by atoms with E-state index in [0.717, 1.165) is 11.3 Å².